The number of allylic oxidation sites excluding steroid dienone is 2. The molecule has 1 aliphatic rings. The summed E-state index contributed by atoms with van der Waals surface area (Å²) in [6.45, 7) is 3.44. The minimum absolute atomic E-state index is 0.0360. The van der Waals surface area contributed by atoms with Gasteiger partial charge in [-0.25, -0.2) is 4.79 Å². The van der Waals surface area contributed by atoms with E-state index < -0.39 is 11.9 Å². The minimum Gasteiger partial charge on any atom is -0.478 e. The van der Waals surface area contributed by atoms with Crippen LogP contribution in [-0.2, 0) is 9.59 Å². The Morgan fingerprint density at radius 2 is 1.68 bits per heavy atom. The largest absolute Gasteiger partial charge is 0.478 e. The van der Waals surface area contributed by atoms with E-state index in [1.54, 1.807) is 26.0 Å². The molecule has 28 heavy (non-hydrogen) atoms. The Morgan fingerprint density at radius 3 is 2.25 bits per heavy atom. The molecule has 142 valence electrons. The van der Waals surface area contributed by atoms with Crippen molar-refractivity contribution < 1.29 is 14.7 Å². The first-order chi connectivity index (χ1) is 13.5. The molecule has 0 saturated heterocycles. The molecule has 2 aromatic carbocycles. The standard InChI is InChI=1S/C22H21N3O3/c1-15-13-25(18-11-7-4-8-12-18)14-19(26)20(15)21(22(27)28)16(2)23-24-17-9-5-3-6-10-17/h3-13,20H,14H2,1-2H3,(H,27,28)/b21-16-,24-23+. The Hall–Kier alpha value is -3.54. The number of rotatable bonds is 5. The molecular weight excluding hydrogens is 354 g/mol. The van der Waals surface area contributed by atoms with Crippen LogP contribution in [0.4, 0.5) is 11.4 Å². The second-order valence-electron chi connectivity index (χ2n) is 6.58. The van der Waals surface area contributed by atoms with Gasteiger partial charge in [-0.1, -0.05) is 36.4 Å². The van der Waals surface area contributed by atoms with Gasteiger partial charge in [-0.2, -0.15) is 10.2 Å². The lowest BCUT2D eigenvalue weighted by Gasteiger charge is -2.30. The summed E-state index contributed by atoms with van der Waals surface area (Å²) in [7, 11) is 0. The lowest BCUT2D eigenvalue weighted by molar-refractivity contribution is -0.134. The Morgan fingerprint density at radius 1 is 1.07 bits per heavy atom. The Labute approximate surface area is 163 Å². The number of Topliss-reactive ketones (excluding diaryl/α,β-unsaturated/α-hetero) is 1. The van der Waals surface area contributed by atoms with E-state index in [4.69, 9.17) is 0 Å². The molecular formula is C22H21N3O3. The van der Waals surface area contributed by atoms with Gasteiger partial charge in [0.15, 0.2) is 5.78 Å². The zero-order chi connectivity index (χ0) is 20.1. The van der Waals surface area contributed by atoms with Gasteiger partial charge in [0.05, 0.1) is 29.4 Å². The first-order valence-electron chi connectivity index (χ1n) is 8.91. The van der Waals surface area contributed by atoms with Gasteiger partial charge >= 0.3 is 5.97 Å². The molecule has 0 spiro atoms. The highest BCUT2D eigenvalue weighted by molar-refractivity contribution is 6.01. The fraction of sp³-hybridized carbons (Fsp3) is 0.182. The molecule has 0 saturated carbocycles. The lowest BCUT2D eigenvalue weighted by atomic mass is 9.84. The van der Waals surface area contributed by atoms with Gasteiger partial charge in [-0.3, -0.25) is 4.79 Å². The summed E-state index contributed by atoms with van der Waals surface area (Å²) in [5.41, 5.74) is 2.34. The number of benzene rings is 2. The van der Waals surface area contributed by atoms with Gasteiger partial charge in [0, 0.05) is 11.9 Å². The molecule has 0 fully saturated rings. The predicted molar refractivity (Wildman–Crippen MR) is 107 cm³/mol. The number of hydrogen-bond acceptors (Lipinski definition) is 5. The van der Waals surface area contributed by atoms with Crippen LogP contribution in [-0.4, -0.2) is 23.4 Å². The summed E-state index contributed by atoms with van der Waals surface area (Å²) in [6.07, 6.45) is 1.83. The fourth-order valence-electron chi connectivity index (χ4n) is 3.22. The van der Waals surface area contributed by atoms with E-state index in [1.807, 2.05) is 59.6 Å². The van der Waals surface area contributed by atoms with Crippen LogP contribution in [0.15, 0.2) is 93.9 Å². The molecule has 1 unspecified atom stereocenters. The molecule has 2 aromatic rings. The number of ketones is 1. The monoisotopic (exact) mass is 375 g/mol. The topological polar surface area (TPSA) is 82.3 Å². The van der Waals surface area contributed by atoms with E-state index in [-0.39, 0.29) is 23.6 Å². The van der Waals surface area contributed by atoms with Crippen molar-refractivity contribution in [3.05, 3.63) is 83.7 Å². The van der Waals surface area contributed by atoms with Crippen LogP contribution in [0.2, 0.25) is 0 Å². The summed E-state index contributed by atoms with van der Waals surface area (Å²) in [5, 5.41) is 17.9. The van der Waals surface area contributed by atoms with Crippen LogP contribution < -0.4 is 4.90 Å². The number of carboxylic acids is 1. The van der Waals surface area contributed by atoms with Crippen LogP contribution in [0.1, 0.15) is 13.8 Å². The third kappa shape index (κ3) is 4.23. The Kier molecular flexibility index (Phi) is 5.79. The molecule has 0 amide bonds. The number of carbonyl (C=O) groups is 2. The first-order valence-corrected chi connectivity index (χ1v) is 8.91. The number of carboxylic acid groups (broad SMARTS) is 1. The Balaban J connectivity index is 1.95. The molecule has 1 aliphatic heterocycles. The molecule has 0 aliphatic carbocycles. The maximum Gasteiger partial charge on any atom is 0.334 e. The fourth-order valence-corrected chi connectivity index (χ4v) is 3.22. The normalized spacial score (nSPS) is 18.1. The van der Waals surface area contributed by atoms with Crippen molar-refractivity contribution in [2.24, 2.45) is 16.1 Å². The third-order valence-electron chi connectivity index (χ3n) is 4.53. The molecule has 3 rings (SSSR count). The zero-order valence-electron chi connectivity index (χ0n) is 15.7. The van der Waals surface area contributed by atoms with Gasteiger partial charge < -0.3 is 10.0 Å². The average Bonchev–Trinajstić information content (AvgIpc) is 2.70. The molecule has 0 aromatic heterocycles. The highest BCUT2D eigenvalue weighted by atomic mass is 16.4. The van der Waals surface area contributed by atoms with Gasteiger partial charge in [0.1, 0.15) is 0 Å². The molecule has 6 heteroatoms. The van der Waals surface area contributed by atoms with Gasteiger partial charge in [-0.15, -0.1) is 0 Å². The van der Waals surface area contributed by atoms with Crippen molar-refractivity contribution in [3.8, 4) is 0 Å². The Bertz CT molecular complexity index is 963. The van der Waals surface area contributed by atoms with Crippen LogP contribution in [0.3, 0.4) is 0 Å². The molecule has 1 atom stereocenters. The number of nitrogens with zero attached hydrogens (tertiary/aromatic N) is 3. The van der Waals surface area contributed by atoms with E-state index in [0.29, 0.717) is 11.3 Å². The third-order valence-corrected chi connectivity index (χ3v) is 4.53. The summed E-state index contributed by atoms with van der Waals surface area (Å²) >= 11 is 0. The van der Waals surface area contributed by atoms with Crippen molar-refractivity contribution >= 4 is 23.1 Å². The molecule has 0 bridgehead atoms. The summed E-state index contributed by atoms with van der Waals surface area (Å²) < 4.78 is 0. The van der Waals surface area contributed by atoms with Crippen LogP contribution in [0, 0.1) is 5.92 Å². The summed E-state index contributed by atoms with van der Waals surface area (Å²) in [5.74, 6) is -2.19. The average molecular weight is 375 g/mol. The summed E-state index contributed by atoms with van der Waals surface area (Å²) in [4.78, 5) is 26.6. The van der Waals surface area contributed by atoms with E-state index in [1.165, 1.54) is 0 Å². The number of aliphatic carboxylic acids is 1. The van der Waals surface area contributed by atoms with Gasteiger partial charge in [0.2, 0.25) is 0 Å². The number of hydrogen-bond donors (Lipinski definition) is 1. The number of carbonyl (C=O) groups excluding carboxylic acids is 1. The maximum absolute atomic E-state index is 12.9. The number of para-hydroxylation sites is 1. The lowest BCUT2D eigenvalue weighted by Crippen LogP contribution is -2.38. The highest BCUT2D eigenvalue weighted by Crippen LogP contribution is 2.31. The van der Waals surface area contributed by atoms with Crippen molar-refractivity contribution in [3.63, 3.8) is 0 Å². The van der Waals surface area contributed by atoms with E-state index >= 15 is 0 Å². The van der Waals surface area contributed by atoms with Crippen LogP contribution >= 0.6 is 0 Å². The quantitative estimate of drug-likeness (QED) is 0.604. The van der Waals surface area contributed by atoms with Crippen molar-refractivity contribution in [2.75, 3.05) is 11.4 Å². The van der Waals surface area contributed by atoms with Crippen LogP contribution in [0.25, 0.3) is 0 Å². The molecule has 6 nitrogen and oxygen atoms in total. The van der Waals surface area contributed by atoms with Gasteiger partial charge in [-0.05, 0) is 43.7 Å². The number of azo groups is 1. The maximum atomic E-state index is 12.9. The van der Waals surface area contributed by atoms with E-state index in [2.05, 4.69) is 10.2 Å². The smallest absolute Gasteiger partial charge is 0.334 e. The second kappa shape index (κ2) is 8.43. The highest BCUT2D eigenvalue weighted by Gasteiger charge is 2.35. The van der Waals surface area contributed by atoms with E-state index in [9.17, 15) is 14.7 Å². The summed E-state index contributed by atoms with van der Waals surface area (Å²) in [6, 6.07) is 18.5. The van der Waals surface area contributed by atoms with E-state index in [0.717, 1.165) is 5.69 Å². The van der Waals surface area contributed by atoms with Gasteiger partial charge in [0.25, 0.3) is 0 Å². The van der Waals surface area contributed by atoms with Crippen molar-refractivity contribution in [2.45, 2.75) is 13.8 Å². The number of anilines is 1. The van der Waals surface area contributed by atoms with Crippen molar-refractivity contribution in [1.29, 1.82) is 0 Å². The van der Waals surface area contributed by atoms with Crippen molar-refractivity contribution in [1.82, 2.24) is 0 Å². The SMILES string of the molecule is CC1=CN(c2ccccc2)CC(=O)C1/C(C(=O)O)=C(C)/N=N/c1ccccc1. The second-order valence-corrected chi connectivity index (χ2v) is 6.58. The minimum atomic E-state index is -1.16. The molecule has 0 radical (unpaired) electrons. The molecule has 1 heterocycles. The predicted octanol–water partition coefficient (Wildman–Crippen LogP) is 4.74. The van der Waals surface area contributed by atoms with Crippen LogP contribution in [0.5, 0.6) is 0 Å². The first kappa shape index (κ1) is 19.2. The molecule has 1 N–H and O–H groups in total. The zero-order valence-corrected chi connectivity index (χ0v) is 15.7.